The number of thiazole rings is 1. The molecule has 3 aromatic rings. The summed E-state index contributed by atoms with van der Waals surface area (Å²) in [5, 5.41) is 1.98. The van der Waals surface area contributed by atoms with Crippen molar-refractivity contribution in [3.05, 3.63) is 23.7 Å². The zero-order chi connectivity index (χ0) is 13.4. The van der Waals surface area contributed by atoms with Gasteiger partial charge >= 0.3 is 0 Å². The van der Waals surface area contributed by atoms with E-state index in [0.29, 0.717) is 11.5 Å². The van der Waals surface area contributed by atoms with E-state index in [4.69, 9.17) is 14.2 Å². The Bertz CT molecular complexity index is 751. The third-order valence-electron chi connectivity index (χ3n) is 3.12. The average molecular weight is 275 g/mol. The minimum atomic E-state index is 0.683. The van der Waals surface area contributed by atoms with Crippen LogP contribution >= 0.6 is 11.3 Å². The third-order valence-corrected chi connectivity index (χ3v) is 3.90. The summed E-state index contributed by atoms with van der Waals surface area (Å²) in [6.45, 7) is 0. The van der Waals surface area contributed by atoms with Crippen molar-refractivity contribution in [1.82, 2.24) is 4.98 Å². The van der Waals surface area contributed by atoms with Gasteiger partial charge in [0.15, 0.2) is 11.5 Å². The number of rotatable bonds is 3. The molecule has 0 aliphatic carbocycles. The maximum Gasteiger partial charge on any atom is 0.161 e. The number of ether oxygens (including phenoxy) is 3. The number of fused-ring (bicyclic) bond motifs is 3. The average Bonchev–Trinajstić information content (AvgIpc) is 2.93. The SMILES string of the molecule is COc1cc2c(OC)cc3scnc3c2cc1OC. The van der Waals surface area contributed by atoms with Crippen LogP contribution in [0.25, 0.3) is 21.0 Å². The molecule has 19 heavy (non-hydrogen) atoms. The molecule has 0 spiro atoms. The summed E-state index contributed by atoms with van der Waals surface area (Å²) in [5.74, 6) is 2.19. The summed E-state index contributed by atoms with van der Waals surface area (Å²) < 4.78 is 17.2. The number of methoxy groups -OCH3 is 3. The van der Waals surface area contributed by atoms with E-state index in [2.05, 4.69) is 4.98 Å². The van der Waals surface area contributed by atoms with E-state index < -0.39 is 0 Å². The van der Waals surface area contributed by atoms with Crippen molar-refractivity contribution in [2.24, 2.45) is 0 Å². The molecule has 1 aromatic heterocycles. The Morgan fingerprint density at radius 3 is 2.11 bits per heavy atom. The van der Waals surface area contributed by atoms with Crippen molar-refractivity contribution >= 4 is 32.3 Å². The Morgan fingerprint density at radius 2 is 1.47 bits per heavy atom. The standard InChI is InChI=1S/C14H13NO3S/c1-16-10-6-13-14(15-7-19-13)9-5-12(18-3)11(17-2)4-8(9)10/h4-7H,1-3H3. The van der Waals surface area contributed by atoms with Gasteiger partial charge in [0.25, 0.3) is 0 Å². The Balaban J connectivity index is 2.47. The van der Waals surface area contributed by atoms with Gasteiger partial charge in [0, 0.05) is 16.8 Å². The molecule has 5 heteroatoms. The van der Waals surface area contributed by atoms with Gasteiger partial charge < -0.3 is 14.2 Å². The zero-order valence-corrected chi connectivity index (χ0v) is 11.7. The minimum Gasteiger partial charge on any atom is -0.496 e. The van der Waals surface area contributed by atoms with Crippen molar-refractivity contribution in [3.8, 4) is 17.2 Å². The molecule has 0 aliphatic heterocycles. The van der Waals surface area contributed by atoms with Crippen LogP contribution in [0.15, 0.2) is 23.7 Å². The van der Waals surface area contributed by atoms with Crippen LogP contribution in [-0.4, -0.2) is 26.3 Å². The molecule has 0 saturated carbocycles. The molecular formula is C14H13NO3S. The van der Waals surface area contributed by atoms with Gasteiger partial charge in [-0.2, -0.15) is 0 Å². The summed E-state index contributed by atoms with van der Waals surface area (Å²) in [6.07, 6.45) is 0. The Kier molecular flexibility index (Phi) is 2.91. The predicted molar refractivity (Wildman–Crippen MR) is 76.8 cm³/mol. The van der Waals surface area contributed by atoms with Gasteiger partial charge in [-0.05, 0) is 12.1 Å². The molecule has 0 N–H and O–H groups in total. The van der Waals surface area contributed by atoms with Gasteiger partial charge in [0.05, 0.1) is 37.1 Å². The lowest BCUT2D eigenvalue weighted by Crippen LogP contribution is -1.92. The second-order valence-corrected chi connectivity index (χ2v) is 4.92. The van der Waals surface area contributed by atoms with Crippen LogP contribution in [0.2, 0.25) is 0 Å². The molecule has 0 bridgehead atoms. The first-order chi connectivity index (χ1) is 9.28. The smallest absolute Gasteiger partial charge is 0.161 e. The van der Waals surface area contributed by atoms with Crippen molar-refractivity contribution in [1.29, 1.82) is 0 Å². The highest BCUT2D eigenvalue weighted by molar-refractivity contribution is 7.16. The molecule has 0 atom stereocenters. The summed E-state index contributed by atoms with van der Waals surface area (Å²) in [6, 6.07) is 5.87. The number of hydrogen-bond acceptors (Lipinski definition) is 5. The van der Waals surface area contributed by atoms with Crippen LogP contribution in [0.5, 0.6) is 17.2 Å². The lowest BCUT2D eigenvalue weighted by Gasteiger charge is -2.12. The molecule has 0 unspecified atom stereocenters. The van der Waals surface area contributed by atoms with Gasteiger partial charge in [-0.15, -0.1) is 11.3 Å². The summed E-state index contributed by atoms with van der Waals surface area (Å²) in [7, 11) is 4.91. The molecule has 0 amide bonds. The highest BCUT2D eigenvalue weighted by Gasteiger charge is 2.14. The van der Waals surface area contributed by atoms with Gasteiger partial charge in [-0.25, -0.2) is 4.98 Å². The van der Waals surface area contributed by atoms with Gasteiger partial charge in [-0.3, -0.25) is 0 Å². The van der Waals surface area contributed by atoms with E-state index in [1.165, 1.54) is 0 Å². The lowest BCUT2D eigenvalue weighted by atomic mass is 10.1. The highest BCUT2D eigenvalue weighted by atomic mass is 32.1. The number of nitrogens with zero attached hydrogens (tertiary/aromatic N) is 1. The number of hydrogen-bond donors (Lipinski definition) is 0. The topological polar surface area (TPSA) is 40.6 Å². The third kappa shape index (κ3) is 1.77. The molecule has 0 aliphatic rings. The molecule has 1 heterocycles. The molecule has 98 valence electrons. The summed E-state index contributed by atoms with van der Waals surface area (Å²) in [5.41, 5.74) is 2.79. The maximum absolute atomic E-state index is 5.46. The minimum absolute atomic E-state index is 0.683. The fourth-order valence-corrected chi connectivity index (χ4v) is 2.93. The largest absolute Gasteiger partial charge is 0.496 e. The van der Waals surface area contributed by atoms with E-state index in [-0.39, 0.29) is 0 Å². The molecule has 0 radical (unpaired) electrons. The van der Waals surface area contributed by atoms with E-state index in [1.807, 2.05) is 23.7 Å². The van der Waals surface area contributed by atoms with Crippen molar-refractivity contribution in [2.45, 2.75) is 0 Å². The fraction of sp³-hybridized carbons (Fsp3) is 0.214. The second kappa shape index (κ2) is 4.59. The monoisotopic (exact) mass is 275 g/mol. The van der Waals surface area contributed by atoms with Crippen LogP contribution in [-0.2, 0) is 0 Å². The van der Waals surface area contributed by atoms with Crippen molar-refractivity contribution in [2.75, 3.05) is 21.3 Å². The first-order valence-corrected chi connectivity index (χ1v) is 6.62. The number of aromatic nitrogens is 1. The molecule has 4 nitrogen and oxygen atoms in total. The number of benzene rings is 2. The summed E-state index contributed by atoms with van der Waals surface area (Å²) >= 11 is 1.59. The maximum atomic E-state index is 5.46. The van der Waals surface area contributed by atoms with E-state index in [0.717, 1.165) is 26.7 Å². The molecule has 2 aromatic carbocycles. The first kappa shape index (κ1) is 12.0. The van der Waals surface area contributed by atoms with Crippen LogP contribution in [0.3, 0.4) is 0 Å². The fourth-order valence-electron chi connectivity index (χ4n) is 2.20. The molecule has 0 saturated heterocycles. The molecular weight excluding hydrogens is 262 g/mol. The van der Waals surface area contributed by atoms with Crippen LogP contribution in [0, 0.1) is 0 Å². The van der Waals surface area contributed by atoms with Gasteiger partial charge in [0.1, 0.15) is 5.75 Å². The predicted octanol–water partition coefficient (Wildman–Crippen LogP) is 3.48. The molecule has 3 rings (SSSR count). The summed E-state index contributed by atoms with van der Waals surface area (Å²) in [4.78, 5) is 4.42. The van der Waals surface area contributed by atoms with Crippen molar-refractivity contribution in [3.63, 3.8) is 0 Å². The Labute approximate surface area is 114 Å². The van der Waals surface area contributed by atoms with E-state index in [1.54, 1.807) is 32.7 Å². The van der Waals surface area contributed by atoms with E-state index >= 15 is 0 Å². The van der Waals surface area contributed by atoms with Gasteiger partial charge in [-0.1, -0.05) is 0 Å². The quantitative estimate of drug-likeness (QED) is 0.734. The zero-order valence-electron chi connectivity index (χ0n) is 10.9. The van der Waals surface area contributed by atoms with Crippen molar-refractivity contribution < 1.29 is 14.2 Å². The van der Waals surface area contributed by atoms with Crippen LogP contribution in [0.4, 0.5) is 0 Å². The normalized spacial score (nSPS) is 10.9. The second-order valence-electron chi connectivity index (χ2n) is 4.03. The Morgan fingerprint density at radius 1 is 0.842 bits per heavy atom. The Hall–Kier alpha value is -2.01. The van der Waals surface area contributed by atoms with Crippen LogP contribution < -0.4 is 14.2 Å². The van der Waals surface area contributed by atoms with Gasteiger partial charge in [0.2, 0.25) is 0 Å². The highest BCUT2D eigenvalue weighted by Crippen LogP contribution is 2.40. The van der Waals surface area contributed by atoms with E-state index in [9.17, 15) is 0 Å². The molecule has 0 fully saturated rings. The lowest BCUT2D eigenvalue weighted by molar-refractivity contribution is 0.355. The first-order valence-electron chi connectivity index (χ1n) is 5.74. The van der Waals surface area contributed by atoms with Crippen LogP contribution in [0.1, 0.15) is 0 Å².